The maximum absolute atomic E-state index is 7.57. The molecule has 13 heavy (non-hydrogen) atoms. The summed E-state index contributed by atoms with van der Waals surface area (Å²) in [5.41, 5.74) is 0. The van der Waals surface area contributed by atoms with Crippen molar-refractivity contribution in [3.63, 3.8) is 0 Å². The zero-order chi connectivity index (χ0) is 10.1. The molecule has 0 spiro atoms. The third-order valence-electron chi connectivity index (χ3n) is 2.73. The summed E-state index contributed by atoms with van der Waals surface area (Å²) in [4.78, 5) is 0. The fourth-order valence-corrected chi connectivity index (χ4v) is 1.92. The molecule has 2 heteroatoms. The summed E-state index contributed by atoms with van der Waals surface area (Å²) >= 11 is 0. The molecule has 1 aliphatic carbocycles. The first-order valence-corrected chi connectivity index (χ1v) is 5.54. The highest BCUT2D eigenvalue weighted by Crippen LogP contribution is 2.22. The number of hydrogen-bond donors (Lipinski definition) is 2. The van der Waals surface area contributed by atoms with Crippen molar-refractivity contribution < 1.29 is 5.11 Å². The van der Waals surface area contributed by atoms with Gasteiger partial charge in [0.25, 0.3) is 0 Å². The van der Waals surface area contributed by atoms with Gasteiger partial charge >= 0.3 is 0 Å². The van der Waals surface area contributed by atoms with Gasteiger partial charge in [0.15, 0.2) is 0 Å². The van der Waals surface area contributed by atoms with Gasteiger partial charge in [-0.1, -0.05) is 26.2 Å². The van der Waals surface area contributed by atoms with Crippen molar-refractivity contribution >= 4 is 0 Å². The van der Waals surface area contributed by atoms with Crippen LogP contribution in [-0.2, 0) is 0 Å². The topological polar surface area (TPSA) is 32.3 Å². The average Bonchev–Trinajstić information content (AvgIpc) is 2.31. The SMILES string of the molecule is CCO.CNC1CCCCCC1C. The minimum Gasteiger partial charge on any atom is -0.397 e. The summed E-state index contributed by atoms with van der Waals surface area (Å²) in [5, 5.41) is 11.0. The van der Waals surface area contributed by atoms with Crippen LogP contribution < -0.4 is 5.32 Å². The molecule has 1 saturated carbocycles. The quantitative estimate of drug-likeness (QED) is 0.617. The molecule has 1 rings (SSSR count). The highest BCUT2D eigenvalue weighted by atomic mass is 16.2. The number of aliphatic hydroxyl groups excluding tert-OH is 1. The molecule has 2 atom stereocenters. The first-order valence-electron chi connectivity index (χ1n) is 5.54. The molecule has 0 saturated heterocycles. The van der Waals surface area contributed by atoms with Crippen molar-refractivity contribution in [3.8, 4) is 0 Å². The van der Waals surface area contributed by atoms with Gasteiger partial charge in [-0.3, -0.25) is 0 Å². The molecule has 0 aromatic rings. The van der Waals surface area contributed by atoms with Crippen LogP contribution in [0.25, 0.3) is 0 Å². The first-order chi connectivity index (χ1) is 6.26. The normalized spacial score (nSPS) is 28.6. The van der Waals surface area contributed by atoms with E-state index >= 15 is 0 Å². The monoisotopic (exact) mass is 187 g/mol. The summed E-state index contributed by atoms with van der Waals surface area (Å²) < 4.78 is 0. The van der Waals surface area contributed by atoms with Gasteiger partial charge in [0.1, 0.15) is 0 Å². The van der Waals surface area contributed by atoms with E-state index in [1.807, 2.05) is 0 Å². The molecular formula is C11H25NO. The number of nitrogens with one attached hydrogen (secondary N) is 1. The van der Waals surface area contributed by atoms with Crippen LogP contribution in [0.3, 0.4) is 0 Å². The van der Waals surface area contributed by atoms with Crippen LogP contribution in [0.5, 0.6) is 0 Å². The largest absolute Gasteiger partial charge is 0.397 e. The molecule has 0 aromatic heterocycles. The van der Waals surface area contributed by atoms with Crippen molar-refractivity contribution in [3.05, 3.63) is 0 Å². The summed E-state index contributed by atoms with van der Waals surface area (Å²) in [7, 11) is 2.09. The highest BCUT2D eigenvalue weighted by molar-refractivity contribution is 4.74. The molecule has 0 aromatic carbocycles. The fourth-order valence-electron chi connectivity index (χ4n) is 1.92. The van der Waals surface area contributed by atoms with Gasteiger partial charge in [-0.25, -0.2) is 0 Å². The molecule has 80 valence electrons. The number of rotatable bonds is 1. The molecule has 0 aliphatic heterocycles. The zero-order valence-electron chi connectivity index (χ0n) is 9.34. The minimum absolute atomic E-state index is 0.250. The van der Waals surface area contributed by atoms with Crippen LogP contribution >= 0.6 is 0 Å². The maximum Gasteiger partial charge on any atom is 0.0402 e. The smallest absolute Gasteiger partial charge is 0.0402 e. The van der Waals surface area contributed by atoms with E-state index in [1.54, 1.807) is 6.92 Å². The summed E-state index contributed by atoms with van der Waals surface area (Å²) in [6.07, 6.45) is 7.13. The van der Waals surface area contributed by atoms with E-state index in [-0.39, 0.29) is 6.61 Å². The van der Waals surface area contributed by atoms with Crippen LogP contribution in [0, 0.1) is 5.92 Å². The lowest BCUT2D eigenvalue weighted by molar-refractivity contribution is 0.318. The minimum atomic E-state index is 0.250. The third-order valence-corrected chi connectivity index (χ3v) is 2.73. The molecule has 2 N–H and O–H groups in total. The Morgan fingerprint density at radius 2 is 1.77 bits per heavy atom. The fraction of sp³-hybridized carbons (Fsp3) is 1.00. The predicted molar refractivity (Wildman–Crippen MR) is 57.9 cm³/mol. The van der Waals surface area contributed by atoms with Crippen LogP contribution in [0.15, 0.2) is 0 Å². The molecule has 2 nitrogen and oxygen atoms in total. The highest BCUT2D eigenvalue weighted by Gasteiger charge is 2.17. The zero-order valence-corrected chi connectivity index (χ0v) is 9.34. The second-order valence-corrected chi connectivity index (χ2v) is 3.83. The Morgan fingerprint density at radius 1 is 1.23 bits per heavy atom. The molecule has 1 fully saturated rings. The van der Waals surface area contributed by atoms with Crippen LogP contribution in [0.2, 0.25) is 0 Å². The van der Waals surface area contributed by atoms with Gasteiger partial charge in [0.2, 0.25) is 0 Å². The standard InChI is InChI=1S/C9H19N.C2H6O/c1-8-6-4-3-5-7-9(8)10-2;1-2-3/h8-10H,3-7H2,1-2H3;3H,2H2,1H3. The summed E-state index contributed by atoms with van der Waals surface area (Å²) in [6.45, 7) is 4.30. The van der Waals surface area contributed by atoms with Crippen molar-refractivity contribution in [1.82, 2.24) is 5.32 Å². The first kappa shape index (κ1) is 12.9. The summed E-state index contributed by atoms with van der Waals surface area (Å²) in [6, 6.07) is 0.794. The molecule has 0 radical (unpaired) electrons. The Bertz CT molecular complexity index is 106. The van der Waals surface area contributed by atoms with Gasteiger partial charge in [-0.05, 0) is 32.7 Å². The van der Waals surface area contributed by atoms with E-state index in [0.29, 0.717) is 0 Å². The Kier molecular flexibility index (Phi) is 8.46. The van der Waals surface area contributed by atoms with Gasteiger partial charge in [-0.2, -0.15) is 0 Å². The Balaban J connectivity index is 0.000000424. The van der Waals surface area contributed by atoms with E-state index in [2.05, 4.69) is 19.3 Å². The van der Waals surface area contributed by atoms with Gasteiger partial charge in [-0.15, -0.1) is 0 Å². The predicted octanol–water partition coefficient (Wildman–Crippen LogP) is 2.17. The molecule has 0 bridgehead atoms. The Labute approximate surface area is 82.7 Å². The van der Waals surface area contributed by atoms with Gasteiger partial charge in [0.05, 0.1) is 0 Å². The van der Waals surface area contributed by atoms with Crippen molar-refractivity contribution in [2.45, 2.75) is 52.0 Å². The van der Waals surface area contributed by atoms with Gasteiger partial charge < -0.3 is 10.4 Å². The van der Waals surface area contributed by atoms with E-state index < -0.39 is 0 Å². The maximum atomic E-state index is 7.57. The van der Waals surface area contributed by atoms with E-state index in [1.165, 1.54) is 32.1 Å². The lowest BCUT2D eigenvalue weighted by Gasteiger charge is -2.19. The third kappa shape index (κ3) is 6.05. The van der Waals surface area contributed by atoms with Crippen molar-refractivity contribution in [2.75, 3.05) is 13.7 Å². The summed E-state index contributed by atoms with van der Waals surface area (Å²) in [5.74, 6) is 0.896. The lowest BCUT2D eigenvalue weighted by Crippen LogP contribution is -2.30. The van der Waals surface area contributed by atoms with Crippen molar-refractivity contribution in [1.29, 1.82) is 0 Å². The van der Waals surface area contributed by atoms with Gasteiger partial charge in [0, 0.05) is 12.6 Å². The lowest BCUT2D eigenvalue weighted by atomic mass is 9.97. The molecule has 0 amide bonds. The van der Waals surface area contributed by atoms with E-state index in [4.69, 9.17) is 5.11 Å². The van der Waals surface area contributed by atoms with Crippen LogP contribution in [0.1, 0.15) is 46.0 Å². The molecule has 2 unspecified atom stereocenters. The van der Waals surface area contributed by atoms with Crippen molar-refractivity contribution in [2.24, 2.45) is 5.92 Å². The second-order valence-electron chi connectivity index (χ2n) is 3.83. The van der Waals surface area contributed by atoms with E-state index in [0.717, 1.165) is 12.0 Å². The Hall–Kier alpha value is -0.0800. The second kappa shape index (κ2) is 8.52. The Morgan fingerprint density at radius 3 is 2.31 bits per heavy atom. The molecular weight excluding hydrogens is 162 g/mol. The molecule has 1 aliphatic rings. The average molecular weight is 187 g/mol. The molecule has 0 heterocycles. The van der Waals surface area contributed by atoms with Crippen LogP contribution in [-0.4, -0.2) is 24.8 Å². The number of hydrogen-bond acceptors (Lipinski definition) is 2. The van der Waals surface area contributed by atoms with E-state index in [9.17, 15) is 0 Å². The number of aliphatic hydroxyl groups is 1. The van der Waals surface area contributed by atoms with Crippen LogP contribution in [0.4, 0.5) is 0 Å².